The van der Waals surface area contributed by atoms with Crippen molar-refractivity contribution in [1.82, 2.24) is 10.2 Å². The van der Waals surface area contributed by atoms with Crippen LogP contribution in [0, 0.1) is 11.8 Å². The molecular weight excluding hydrogens is 314 g/mol. The van der Waals surface area contributed by atoms with Gasteiger partial charge in [0.15, 0.2) is 0 Å². The van der Waals surface area contributed by atoms with Gasteiger partial charge in [0, 0.05) is 6.54 Å². The van der Waals surface area contributed by atoms with Gasteiger partial charge < -0.3 is 21.1 Å². The molecule has 0 radical (unpaired) electrons. The lowest BCUT2D eigenvalue weighted by molar-refractivity contribution is -0.153. The first-order chi connectivity index (χ1) is 11.3. The van der Waals surface area contributed by atoms with Crippen LogP contribution in [0.25, 0.3) is 0 Å². The SMILES string of the molecule is C[C@H](NC(=O)[C@@H]1CCCN1C(=O)[C@@H]1CCCC[C@H]1C(=O)O)C(N)=O. The Morgan fingerprint density at radius 2 is 1.71 bits per heavy atom. The van der Waals surface area contributed by atoms with Gasteiger partial charge in [-0.25, -0.2) is 0 Å². The maximum atomic E-state index is 12.8. The first-order valence-electron chi connectivity index (χ1n) is 8.46. The van der Waals surface area contributed by atoms with Gasteiger partial charge in [-0.05, 0) is 32.6 Å². The molecule has 0 aromatic heterocycles. The average molecular weight is 339 g/mol. The topological polar surface area (TPSA) is 130 Å². The molecule has 0 unspecified atom stereocenters. The summed E-state index contributed by atoms with van der Waals surface area (Å²) in [5.74, 6) is -3.51. The van der Waals surface area contributed by atoms with Gasteiger partial charge in [-0.2, -0.15) is 0 Å². The van der Waals surface area contributed by atoms with Crippen molar-refractivity contribution in [1.29, 1.82) is 0 Å². The first kappa shape index (κ1) is 18.2. The summed E-state index contributed by atoms with van der Waals surface area (Å²) in [5, 5.41) is 11.9. The molecule has 0 spiro atoms. The number of likely N-dealkylation sites (tertiary alicyclic amines) is 1. The predicted molar refractivity (Wildman–Crippen MR) is 84.6 cm³/mol. The van der Waals surface area contributed by atoms with Gasteiger partial charge in [0.05, 0.1) is 11.8 Å². The molecule has 134 valence electrons. The number of carboxylic acid groups (broad SMARTS) is 1. The molecule has 24 heavy (non-hydrogen) atoms. The average Bonchev–Trinajstić information content (AvgIpc) is 3.03. The van der Waals surface area contributed by atoms with Gasteiger partial charge in [-0.1, -0.05) is 12.8 Å². The Morgan fingerprint density at radius 1 is 1.08 bits per heavy atom. The summed E-state index contributed by atoms with van der Waals surface area (Å²) in [6.45, 7) is 1.92. The molecule has 3 amide bonds. The number of carboxylic acids is 1. The smallest absolute Gasteiger partial charge is 0.307 e. The number of hydrogen-bond acceptors (Lipinski definition) is 4. The zero-order chi connectivity index (χ0) is 17.9. The lowest BCUT2D eigenvalue weighted by Crippen LogP contribution is -2.53. The second kappa shape index (κ2) is 7.63. The minimum absolute atomic E-state index is 0.258. The summed E-state index contributed by atoms with van der Waals surface area (Å²) in [4.78, 5) is 49.2. The van der Waals surface area contributed by atoms with Crippen LogP contribution in [0.15, 0.2) is 0 Å². The Kier molecular flexibility index (Phi) is 5.80. The number of nitrogens with one attached hydrogen (secondary N) is 1. The number of carbonyl (C=O) groups excluding carboxylic acids is 3. The fraction of sp³-hybridized carbons (Fsp3) is 0.750. The molecular formula is C16H25N3O5. The van der Waals surface area contributed by atoms with Crippen molar-refractivity contribution >= 4 is 23.7 Å². The molecule has 1 saturated heterocycles. The second-order valence-corrected chi connectivity index (χ2v) is 6.66. The molecule has 8 heteroatoms. The van der Waals surface area contributed by atoms with E-state index in [0.717, 1.165) is 12.8 Å². The van der Waals surface area contributed by atoms with E-state index in [2.05, 4.69) is 5.32 Å². The fourth-order valence-electron chi connectivity index (χ4n) is 3.62. The molecule has 2 rings (SSSR count). The number of carbonyl (C=O) groups is 4. The molecule has 8 nitrogen and oxygen atoms in total. The van der Waals surface area contributed by atoms with E-state index in [1.807, 2.05) is 0 Å². The van der Waals surface area contributed by atoms with Gasteiger partial charge in [0.25, 0.3) is 0 Å². The van der Waals surface area contributed by atoms with E-state index in [4.69, 9.17) is 5.73 Å². The van der Waals surface area contributed by atoms with Gasteiger partial charge in [0.1, 0.15) is 12.1 Å². The maximum absolute atomic E-state index is 12.8. The minimum Gasteiger partial charge on any atom is -0.481 e. The molecule has 0 bridgehead atoms. The van der Waals surface area contributed by atoms with Crippen molar-refractivity contribution < 1.29 is 24.3 Å². The van der Waals surface area contributed by atoms with Crippen LogP contribution in [-0.4, -0.2) is 52.3 Å². The third kappa shape index (κ3) is 3.85. The van der Waals surface area contributed by atoms with Crippen molar-refractivity contribution in [2.24, 2.45) is 17.6 Å². The summed E-state index contributed by atoms with van der Waals surface area (Å²) in [6, 6.07) is -1.47. The second-order valence-electron chi connectivity index (χ2n) is 6.66. The number of hydrogen-bond donors (Lipinski definition) is 3. The van der Waals surface area contributed by atoms with E-state index in [1.54, 1.807) is 0 Å². The fourth-order valence-corrected chi connectivity index (χ4v) is 3.62. The zero-order valence-electron chi connectivity index (χ0n) is 13.9. The highest BCUT2D eigenvalue weighted by Crippen LogP contribution is 2.33. The Morgan fingerprint density at radius 3 is 2.29 bits per heavy atom. The number of rotatable bonds is 5. The van der Waals surface area contributed by atoms with E-state index < -0.39 is 41.7 Å². The van der Waals surface area contributed by atoms with Crippen LogP contribution in [0.3, 0.4) is 0 Å². The minimum atomic E-state index is -0.949. The summed E-state index contributed by atoms with van der Waals surface area (Å²) in [6.07, 6.45) is 3.85. The highest BCUT2D eigenvalue weighted by atomic mass is 16.4. The van der Waals surface area contributed by atoms with Crippen LogP contribution in [-0.2, 0) is 19.2 Å². The summed E-state index contributed by atoms with van der Waals surface area (Å²) in [7, 11) is 0. The largest absolute Gasteiger partial charge is 0.481 e. The Hall–Kier alpha value is -2.12. The number of amides is 3. The monoisotopic (exact) mass is 339 g/mol. The standard InChI is InChI=1S/C16H25N3O5/c1-9(13(17)20)18-14(21)12-7-4-8-19(12)15(22)10-5-2-3-6-11(10)16(23)24/h9-12H,2-8H2,1H3,(H2,17,20)(H,18,21)(H,23,24)/t9-,10+,11+,12-/m0/s1. The van der Waals surface area contributed by atoms with Crippen LogP contribution in [0.5, 0.6) is 0 Å². The number of nitrogens with zero attached hydrogens (tertiary/aromatic N) is 1. The molecule has 1 saturated carbocycles. The highest BCUT2D eigenvalue weighted by molar-refractivity contribution is 5.93. The number of nitrogens with two attached hydrogens (primary N) is 1. The predicted octanol–water partition coefficient (Wildman–Crippen LogP) is -0.142. The van der Waals surface area contributed by atoms with Crippen LogP contribution >= 0.6 is 0 Å². The highest BCUT2D eigenvalue weighted by Gasteiger charge is 2.42. The molecule has 4 atom stereocenters. The van der Waals surface area contributed by atoms with Crippen molar-refractivity contribution in [2.45, 2.75) is 57.5 Å². The first-order valence-corrected chi connectivity index (χ1v) is 8.46. The molecule has 2 aliphatic rings. The third-order valence-corrected chi connectivity index (χ3v) is 5.02. The quantitative estimate of drug-likeness (QED) is 0.642. The summed E-state index contributed by atoms with van der Waals surface area (Å²) < 4.78 is 0. The normalized spacial score (nSPS) is 28.2. The van der Waals surface area contributed by atoms with Gasteiger partial charge >= 0.3 is 5.97 Å². The van der Waals surface area contributed by atoms with Crippen LogP contribution in [0.2, 0.25) is 0 Å². The van der Waals surface area contributed by atoms with Gasteiger partial charge in [-0.15, -0.1) is 0 Å². The lowest BCUT2D eigenvalue weighted by Gasteiger charge is -2.33. The zero-order valence-corrected chi connectivity index (χ0v) is 13.9. The van der Waals surface area contributed by atoms with Crippen molar-refractivity contribution in [3.8, 4) is 0 Å². The van der Waals surface area contributed by atoms with Crippen molar-refractivity contribution in [3.63, 3.8) is 0 Å². The summed E-state index contributed by atoms with van der Waals surface area (Å²) >= 11 is 0. The summed E-state index contributed by atoms with van der Waals surface area (Å²) in [5.41, 5.74) is 5.15. The van der Waals surface area contributed by atoms with E-state index in [0.29, 0.717) is 32.2 Å². The molecule has 1 aliphatic carbocycles. The van der Waals surface area contributed by atoms with Crippen LogP contribution in [0.1, 0.15) is 45.4 Å². The van der Waals surface area contributed by atoms with Gasteiger partial charge in [-0.3, -0.25) is 19.2 Å². The molecule has 2 fully saturated rings. The molecule has 1 heterocycles. The Balaban J connectivity index is 2.08. The van der Waals surface area contributed by atoms with E-state index in [9.17, 15) is 24.3 Å². The van der Waals surface area contributed by atoms with Crippen molar-refractivity contribution in [2.75, 3.05) is 6.54 Å². The Labute approximate surface area is 140 Å². The third-order valence-electron chi connectivity index (χ3n) is 5.02. The Bertz CT molecular complexity index is 536. The number of aliphatic carboxylic acids is 1. The lowest BCUT2D eigenvalue weighted by atomic mass is 9.78. The molecule has 0 aromatic carbocycles. The molecule has 0 aromatic rings. The molecule has 1 aliphatic heterocycles. The van der Waals surface area contributed by atoms with Crippen LogP contribution < -0.4 is 11.1 Å². The number of primary amides is 1. The molecule has 4 N–H and O–H groups in total. The van der Waals surface area contributed by atoms with Crippen molar-refractivity contribution in [3.05, 3.63) is 0 Å². The maximum Gasteiger partial charge on any atom is 0.307 e. The van der Waals surface area contributed by atoms with E-state index in [-0.39, 0.29) is 5.91 Å². The van der Waals surface area contributed by atoms with Gasteiger partial charge in [0.2, 0.25) is 17.7 Å². The van der Waals surface area contributed by atoms with E-state index >= 15 is 0 Å². The van der Waals surface area contributed by atoms with E-state index in [1.165, 1.54) is 11.8 Å². The van der Waals surface area contributed by atoms with Crippen LogP contribution in [0.4, 0.5) is 0 Å².